The first-order valence-electron chi connectivity index (χ1n) is 11.1. The second-order valence-electron chi connectivity index (χ2n) is 8.42. The Morgan fingerprint density at radius 2 is 1.84 bits per heavy atom. The molecular weight excluding hydrogens is 450 g/mol. The van der Waals surface area contributed by atoms with Crippen LogP contribution in [0.15, 0.2) is 32.2 Å². The standard InChI is InChI=1S/C22H29N3O5S2/c1-16-5-6-19(30-16)14-23-21(26)17-7-11-25(12-8-17)32(28,29)20-13-18(15-31-20)22(27)24-9-3-2-4-10-24/h5-6,13,15,17H,2-4,7-12,14H2,1H3,(H,23,26). The quantitative estimate of drug-likeness (QED) is 0.687. The van der Waals surface area contributed by atoms with Crippen LogP contribution in [0.3, 0.4) is 0 Å². The topological polar surface area (TPSA) is 99.9 Å². The number of amides is 2. The molecule has 0 aromatic carbocycles. The van der Waals surface area contributed by atoms with E-state index in [9.17, 15) is 18.0 Å². The largest absolute Gasteiger partial charge is 0.465 e. The van der Waals surface area contributed by atoms with Gasteiger partial charge < -0.3 is 14.6 Å². The SMILES string of the molecule is Cc1ccc(CNC(=O)C2CCN(S(=O)(=O)c3cc(C(=O)N4CCCCC4)cs3)CC2)o1. The number of hydrogen-bond donors (Lipinski definition) is 1. The summed E-state index contributed by atoms with van der Waals surface area (Å²) in [6, 6.07) is 5.18. The Morgan fingerprint density at radius 1 is 1.12 bits per heavy atom. The predicted molar refractivity (Wildman–Crippen MR) is 121 cm³/mol. The van der Waals surface area contributed by atoms with Crippen molar-refractivity contribution >= 4 is 33.2 Å². The van der Waals surface area contributed by atoms with Gasteiger partial charge in [0.25, 0.3) is 15.9 Å². The molecule has 4 heterocycles. The van der Waals surface area contributed by atoms with Gasteiger partial charge in [-0.15, -0.1) is 11.3 Å². The molecule has 2 aliphatic heterocycles. The van der Waals surface area contributed by atoms with E-state index in [4.69, 9.17) is 4.42 Å². The number of carbonyl (C=O) groups is 2. The molecular formula is C22H29N3O5S2. The van der Waals surface area contributed by atoms with Crippen molar-refractivity contribution in [2.75, 3.05) is 26.2 Å². The maximum atomic E-state index is 13.1. The summed E-state index contributed by atoms with van der Waals surface area (Å²) >= 11 is 1.09. The molecule has 0 bridgehead atoms. The van der Waals surface area contributed by atoms with E-state index in [1.54, 1.807) is 10.3 Å². The lowest BCUT2D eigenvalue weighted by atomic mass is 9.97. The van der Waals surface area contributed by atoms with Crippen LogP contribution in [-0.4, -0.2) is 55.6 Å². The van der Waals surface area contributed by atoms with Crippen LogP contribution in [0.4, 0.5) is 0 Å². The van der Waals surface area contributed by atoms with Gasteiger partial charge in [-0.2, -0.15) is 4.31 Å². The van der Waals surface area contributed by atoms with Gasteiger partial charge in [-0.25, -0.2) is 8.42 Å². The number of furan rings is 1. The van der Waals surface area contributed by atoms with Crippen LogP contribution in [0.2, 0.25) is 0 Å². The molecule has 2 fully saturated rings. The molecule has 0 atom stereocenters. The van der Waals surface area contributed by atoms with E-state index in [1.165, 1.54) is 10.4 Å². The van der Waals surface area contributed by atoms with Crippen molar-refractivity contribution in [3.63, 3.8) is 0 Å². The van der Waals surface area contributed by atoms with Gasteiger partial charge in [0.1, 0.15) is 15.7 Å². The van der Waals surface area contributed by atoms with Crippen LogP contribution < -0.4 is 5.32 Å². The highest BCUT2D eigenvalue weighted by molar-refractivity contribution is 7.91. The molecule has 0 unspecified atom stereocenters. The average Bonchev–Trinajstić information content (AvgIpc) is 3.47. The molecule has 0 saturated carbocycles. The van der Waals surface area contributed by atoms with Crippen LogP contribution in [-0.2, 0) is 21.4 Å². The van der Waals surface area contributed by atoms with Gasteiger partial charge >= 0.3 is 0 Å². The number of likely N-dealkylation sites (tertiary alicyclic amines) is 1. The molecule has 2 saturated heterocycles. The molecule has 32 heavy (non-hydrogen) atoms. The zero-order chi connectivity index (χ0) is 22.7. The third-order valence-corrected chi connectivity index (χ3v) is 9.43. The number of thiophene rings is 1. The van der Waals surface area contributed by atoms with Crippen LogP contribution in [0.5, 0.6) is 0 Å². The fraction of sp³-hybridized carbons (Fsp3) is 0.545. The number of aryl methyl sites for hydroxylation is 1. The summed E-state index contributed by atoms with van der Waals surface area (Å²) in [5.74, 6) is 1.09. The molecule has 2 amide bonds. The summed E-state index contributed by atoms with van der Waals surface area (Å²) < 4.78 is 33.2. The minimum absolute atomic E-state index is 0.0818. The zero-order valence-electron chi connectivity index (χ0n) is 18.2. The van der Waals surface area contributed by atoms with Crippen molar-refractivity contribution in [3.8, 4) is 0 Å². The van der Waals surface area contributed by atoms with Gasteiger partial charge in [0.05, 0.1) is 12.1 Å². The van der Waals surface area contributed by atoms with Gasteiger partial charge in [0, 0.05) is 37.5 Å². The van der Waals surface area contributed by atoms with E-state index < -0.39 is 10.0 Å². The van der Waals surface area contributed by atoms with E-state index >= 15 is 0 Å². The van der Waals surface area contributed by atoms with Crippen LogP contribution in [0, 0.1) is 12.8 Å². The molecule has 1 N–H and O–H groups in total. The van der Waals surface area contributed by atoms with Crippen molar-refractivity contribution in [1.82, 2.24) is 14.5 Å². The Hall–Kier alpha value is -2.17. The number of piperidine rings is 2. The highest BCUT2D eigenvalue weighted by atomic mass is 32.2. The molecule has 0 spiro atoms. The molecule has 10 heteroatoms. The zero-order valence-corrected chi connectivity index (χ0v) is 19.8. The van der Waals surface area contributed by atoms with E-state index in [0.717, 1.165) is 49.4 Å². The van der Waals surface area contributed by atoms with E-state index in [1.807, 2.05) is 19.1 Å². The van der Waals surface area contributed by atoms with Crippen molar-refractivity contribution in [1.29, 1.82) is 0 Å². The van der Waals surface area contributed by atoms with Gasteiger partial charge in [0.2, 0.25) is 5.91 Å². The Balaban J connectivity index is 1.32. The molecule has 8 nitrogen and oxygen atoms in total. The van der Waals surface area contributed by atoms with Gasteiger partial charge in [-0.1, -0.05) is 0 Å². The fourth-order valence-electron chi connectivity index (χ4n) is 4.23. The minimum Gasteiger partial charge on any atom is -0.465 e. The normalized spacial score (nSPS) is 18.6. The predicted octanol–water partition coefficient (Wildman–Crippen LogP) is 2.99. The summed E-state index contributed by atoms with van der Waals surface area (Å²) in [5, 5.41) is 4.51. The van der Waals surface area contributed by atoms with Crippen molar-refractivity contribution in [2.24, 2.45) is 5.92 Å². The fourth-order valence-corrected chi connectivity index (χ4v) is 7.00. The second-order valence-corrected chi connectivity index (χ2v) is 11.5. The third-order valence-electron chi connectivity index (χ3n) is 6.12. The summed E-state index contributed by atoms with van der Waals surface area (Å²) in [6.07, 6.45) is 4.04. The van der Waals surface area contributed by atoms with Crippen molar-refractivity contribution in [3.05, 3.63) is 40.7 Å². The number of hydrogen-bond acceptors (Lipinski definition) is 6. The number of sulfonamides is 1. The van der Waals surface area contributed by atoms with Gasteiger partial charge in [-0.05, 0) is 57.2 Å². The lowest BCUT2D eigenvalue weighted by molar-refractivity contribution is -0.126. The third kappa shape index (κ3) is 5.07. The highest BCUT2D eigenvalue weighted by Gasteiger charge is 2.33. The summed E-state index contributed by atoms with van der Waals surface area (Å²) in [4.78, 5) is 26.9. The van der Waals surface area contributed by atoms with Crippen molar-refractivity contribution in [2.45, 2.75) is 49.8 Å². The Bertz CT molecular complexity index is 1060. The van der Waals surface area contributed by atoms with Crippen LogP contribution >= 0.6 is 11.3 Å². The minimum atomic E-state index is -3.67. The van der Waals surface area contributed by atoms with E-state index in [0.29, 0.717) is 30.7 Å². The van der Waals surface area contributed by atoms with Crippen LogP contribution in [0.25, 0.3) is 0 Å². The Morgan fingerprint density at radius 3 is 2.50 bits per heavy atom. The van der Waals surface area contributed by atoms with Crippen LogP contribution in [0.1, 0.15) is 54.0 Å². The Labute approximate surface area is 192 Å². The molecule has 174 valence electrons. The smallest absolute Gasteiger partial charge is 0.254 e. The molecule has 2 aromatic heterocycles. The van der Waals surface area contributed by atoms with E-state index in [-0.39, 0.29) is 35.0 Å². The number of carbonyl (C=O) groups excluding carboxylic acids is 2. The first-order valence-corrected chi connectivity index (χ1v) is 13.4. The maximum Gasteiger partial charge on any atom is 0.254 e. The summed E-state index contributed by atoms with van der Waals surface area (Å²) in [7, 11) is -3.67. The summed E-state index contributed by atoms with van der Waals surface area (Å²) in [5.41, 5.74) is 0.443. The summed E-state index contributed by atoms with van der Waals surface area (Å²) in [6.45, 7) is 4.20. The molecule has 4 rings (SSSR count). The van der Waals surface area contributed by atoms with Crippen molar-refractivity contribution < 1.29 is 22.4 Å². The number of nitrogens with zero attached hydrogens (tertiary/aromatic N) is 2. The average molecular weight is 480 g/mol. The van der Waals surface area contributed by atoms with E-state index in [2.05, 4.69) is 5.32 Å². The lowest BCUT2D eigenvalue weighted by Crippen LogP contribution is -2.42. The highest BCUT2D eigenvalue weighted by Crippen LogP contribution is 2.29. The lowest BCUT2D eigenvalue weighted by Gasteiger charge is -2.30. The second kappa shape index (κ2) is 9.76. The maximum absolute atomic E-state index is 13.1. The molecule has 2 aliphatic rings. The molecule has 0 radical (unpaired) electrons. The Kier molecular flexibility index (Phi) is 7.02. The first kappa shape index (κ1) is 23.0. The number of nitrogens with one attached hydrogen (secondary N) is 1. The number of rotatable bonds is 6. The molecule has 2 aromatic rings. The van der Waals surface area contributed by atoms with Gasteiger partial charge in [-0.3, -0.25) is 9.59 Å². The monoisotopic (exact) mass is 479 g/mol. The first-order chi connectivity index (χ1) is 15.3. The van der Waals surface area contributed by atoms with Gasteiger partial charge in [0.15, 0.2) is 0 Å². The molecule has 0 aliphatic carbocycles.